The number of aryl methyl sites for hydroxylation is 2. The molecule has 0 bridgehead atoms. The van der Waals surface area contributed by atoms with E-state index in [1.54, 1.807) is 4.90 Å². The standard InChI is InChI=1S/C18H18FN5O3S.ClH/c1-8-9(2)28-18(21-8)24-7-12(17(26)27)14(25)11-5-13(19)16(22-15(11)24)23-4-3-10(20)6-23;/h5,7,10H,3-4,6,20H2,1-2H3,(H,26,27);1H. The number of hydrogen-bond acceptors (Lipinski definition) is 7. The first-order chi connectivity index (χ1) is 13.3. The molecule has 4 heterocycles. The van der Waals surface area contributed by atoms with Crippen LogP contribution in [0.1, 0.15) is 27.3 Å². The first-order valence-electron chi connectivity index (χ1n) is 8.70. The second-order valence-corrected chi connectivity index (χ2v) is 8.03. The van der Waals surface area contributed by atoms with Crippen LogP contribution < -0.4 is 16.1 Å². The lowest BCUT2D eigenvalue weighted by Crippen LogP contribution is -2.28. The summed E-state index contributed by atoms with van der Waals surface area (Å²) < 4.78 is 16.2. The zero-order chi connectivity index (χ0) is 20.2. The molecule has 1 aliphatic heterocycles. The Morgan fingerprint density at radius 3 is 2.66 bits per heavy atom. The van der Waals surface area contributed by atoms with Crippen LogP contribution in [0.3, 0.4) is 0 Å². The quantitative estimate of drug-likeness (QED) is 0.643. The Morgan fingerprint density at radius 2 is 2.10 bits per heavy atom. The molecule has 1 aliphatic rings. The van der Waals surface area contributed by atoms with Gasteiger partial charge >= 0.3 is 5.97 Å². The van der Waals surface area contributed by atoms with Crippen molar-refractivity contribution < 1.29 is 14.3 Å². The van der Waals surface area contributed by atoms with Crippen molar-refractivity contribution in [2.24, 2.45) is 5.73 Å². The second kappa shape index (κ2) is 7.69. The molecule has 29 heavy (non-hydrogen) atoms. The summed E-state index contributed by atoms with van der Waals surface area (Å²) in [6.45, 7) is 4.75. The van der Waals surface area contributed by atoms with Gasteiger partial charge in [0.15, 0.2) is 22.4 Å². The van der Waals surface area contributed by atoms with Gasteiger partial charge in [-0.25, -0.2) is 19.2 Å². The van der Waals surface area contributed by atoms with Crippen LogP contribution in [0.25, 0.3) is 16.2 Å². The van der Waals surface area contributed by atoms with Gasteiger partial charge in [0, 0.05) is 30.2 Å². The summed E-state index contributed by atoms with van der Waals surface area (Å²) in [4.78, 5) is 35.7. The summed E-state index contributed by atoms with van der Waals surface area (Å²) in [5.74, 6) is -1.97. The molecule has 8 nitrogen and oxygen atoms in total. The summed E-state index contributed by atoms with van der Waals surface area (Å²) in [5, 5.41) is 9.78. The fourth-order valence-corrected chi connectivity index (χ4v) is 4.16. The van der Waals surface area contributed by atoms with Crippen molar-refractivity contribution in [3.8, 4) is 5.13 Å². The van der Waals surface area contributed by atoms with Gasteiger partial charge in [-0.2, -0.15) is 0 Å². The molecule has 1 unspecified atom stereocenters. The Balaban J connectivity index is 0.00000240. The highest BCUT2D eigenvalue weighted by Gasteiger charge is 2.26. The predicted octanol–water partition coefficient (Wildman–Crippen LogP) is 2.26. The van der Waals surface area contributed by atoms with E-state index in [0.717, 1.165) is 23.1 Å². The average molecular weight is 440 g/mol. The first-order valence-corrected chi connectivity index (χ1v) is 9.52. The van der Waals surface area contributed by atoms with Crippen LogP contribution in [0.15, 0.2) is 17.1 Å². The van der Waals surface area contributed by atoms with Crippen LogP contribution in [0.2, 0.25) is 0 Å². The van der Waals surface area contributed by atoms with Crippen molar-refractivity contribution in [3.63, 3.8) is 0 Å². The highest BCUT2D eigenvalue weighted by atomic mass is 35.5. The Hall–Kier alpha value is -2.56. The SMILES string of the molecule is Cc1nc(-n2cc(C(=O)O)c(=O)c3cc(F)c(N4CCC(N)C4)nc32)sc1C.Cl. The van der Waals surface area contributed by atoms with Gasteiger partial charge in [0.2, 0.25) is 5.43 Å². The summed E-state index contributed by atoms with van der Waals surface area (Å²) >= 11 is 1.34. The largest absolute Gasteiger partial charge is 0.477 e. The third-order valence-corrected chi connectivity index (χ3v) is 5.96. The van der Waals surface area contributed by atoms with Crippen LogP contribution in [0.4, 0.5) is 10.2 Å². The van der Waals surface area contributed by atoms with Gasteiger partial charge in [-0.3, -0.25) is 9.36 Å². The Bertz CT molecular complexity index is 1160. The summed E-state index contributed by atoms with van der Waals surface area (Å²) in [7, 11) is 0. The van der Waals surface area contributed by atoms with Crippen molar-refractivity contribution >= 4 is 46.6 Å². The van der Waals surface area contributed by atoms with E-state index in [1.807, 2.05) is 13.8 Å². The van der Waals surface area contributed by atoms with E-state index >= 15 is 0 Å². The molecule has 3 aromatic heterocycles. The monoisotopic (exact) mass is 439 g/mol. The number of aromatic carboxylic acids is 1. The van der Waals surface area contributed by atoms with Crippen molar-refractivity contribution in [2.45, 2.75) is 26.3 Å². The predicted molar refractivity (Wildman–Crippen MR) is 111 cm³/mol. The molecule has 0 spiro atoms. The minimum Gasteiger partial charge on any atom is -0.477 e. The number of fused-ring (bicyclic) bond motifs is 1. The summed E-state index contributed by atoms with van der Waals surface area (Å²) in [6, 6.07) is 0.984. The van der Waals surface area contributed by atoms with Crippen LogP contribution >= 0.6 is 23.7 Å². The number of nitrogens with zero attached hydrogens (tertiary/aromatic N) is 4. The molecular formula is C18H19ClFN5O3S. The van der Waals surface area contributed by atoms with E-state index in [-0.39, 0.29) is 35.3 Å². The zero-order valence-electron chi connectivity index (χ0n) is 15.7. The number of thiazole rings is 1. The molecule has 3 N–H and O–H groups in total. The molecule has 3 aromatic rings. The molecule has 0 aromatic carbocycles. The number of anilines is 1. The van der Waals surface area contributed by atoms with Gasteiger partial charge in [-0.1, -0.05) is 0 Å². The summed E-state index contributed by atoms with van der Waals surface area (Å²) in [5.41, 5.74) is 5.64. The lowest BCUT2D eigenvalue weighted by atomic mass is 10.2. The minimum absolute atomic E-state index is 0. The first kappa shape index (κ1) is 21.2. The molecule has 0 aliphatic carbocycles. The number of aromatic nitrogens is 3. The third kappa shape index (κ3) is 3.59. The summed E-state index contributed by atoms with van der Waals surface area (Å²) in [6.07, 6.45) is 1.92. The maximum absolute atomic E-state index is 14.8. The van der Waals surface area contributed by atoms with Crippen molar-refractivity contribution in [3.05, 3.63) is 44.4 Å². The van der Waals surface area contributed by atoms with Crippen molar-refractivity contribution in [1.82, 2.24) is 14.5 Å². The third-order valence-electron chi connectivity index (χ3n) is 4.89. The number of carboxylic acid groups (broad SMARTS) is 1. The number of pyridine rings is 2. The van der Waals surface area contributed by atoms with Crippen molar-refractivity contribution in [2.75, 3.05) is 18.0 Å². The fraction of sp³-hybridized carbons (Fsp3) is 0.333. The Labute approximate surface area is 175 Å². The molecule has 1 atom stereocenters. The van der Waals surface area contributed by atoms with Gasteiger partial charge in [0.1, 0.15) is 5.56 Å². The van der Waals surface area contributed by atoms with Crippen LogP contribution in [-0.2, 0) is 0 Å². The number of rotatable bonds is 3. The number of carbonyl (C=O) groups is 1. The maximum Gasteiger partial charge on any atom is 0.341 e. The Morgan fingerprint density at radius 1 is 1.38 bits per heavy atom. The topological polar surface area (TPSA) is 114 Å². The van der Waals surface area contributed by atoms with E-state index in [1.165, 1.54) is 22.1 Å². The van der Waals surface area contributed by atoms with E-state index in [9.17, 15) is 19.1 Å². The maximum atomic E-state index is 14.8. The molecular weight excluding hydrogens is 421 g/mol. The number of hydrogen-bond donors (Lipinski definition) is 2. The molecule has 0 saturated carbocycles. The van der Waals surface area contributed by atoms with Gasteiger partial charge < -0.3 is 15.7 Å². The molecule has 0 amide bonds. The van der Waals surface area contributed by atoms with Crippen molar-refractivity contribution in [1.29, 1.82) is 0 Å². The Kier molecular flexibility index (Phi) is 5.61. The van der Waals surface area contributed by atoms with E-state index in [4.69, 9.17) is 5.73 Å². The van der Waals surface area contributed by atoms with E-state index < -0.39 is 22.8 Å². The zero-order valence-corrected chi connectivity index (χ0v) is 17.3. The molecule has 4 rings (SSSR count). The number of nitrogens with two attached hydrogens (primary N) is 1. The number of halogens is 2. The highest BCUT2D eigenvalue weighted by molar-refractivity contribution is 7.14. The van der Waals surface area contributed by atoms with E-state index in [0.29, 0.717) is 18.2 Å². The molecule has 0 radical (unpaired) electrons. The number of carboxylic acids is 1. The smallest absolute Gasteiger partial charge is 0.341 e. The molecule has 11 heteroatoms. The second-order valence-electron chi connectivity index (χ2n) is 6.84. The van der Waals surface area contributed by atoms with Crippen LogP contribution in [-0.4, -0.2) is 44.7 Å². The van der Waals surface area contributed by atoms with Crippen LogP contribution in [0, 0.1) is 19.7 Å². The molecule has 154 valence electrons. The molecule has 1 saturated heterocycles. The van der Waals surface area contributed by atoms with E-state index in [2.05, 4.69) is 9.97 Å². The van der Waals surface area contributed by atoms with Gasteiger partial charge in [-0.15, -0.1) is 23.7 Å². The van der Waals surface area contributed by atoms with Crippen LogP contribution in [0.5, 0.6) is 0 Å². The average Bonchev–Trinajstić information content (AvgIpc) is 3.20. The normalized spacial score (nSPS) is 16.3. The molecule has 1 fully saturated rings. The van der Waals surface area contributed by atoms with Gasteiger partial charge in [-0.05, 0) is 26.3 Å². The lowest BCUT2D eigenvalue weighted by molar-refractivity contribution is 0.0695. The van der Waals surface area contributed by atoms with Gasteiger partial charge in [0.05, 0.1) is 11.1 Å². The van der Waals surface area contributed by atoms with Gasteiger partial charge in [0.25, 0.3) is 0 Å². The lowest BCUT2D eigenvalue weighted by Gasteiger charge is -2.19. The minimum atomic E-state index is -1.39. The highest BCUT2D eigenvalue weighted by Crippen LogP contribution is 2.27. The fourth-order valence-electron chi connectivity index (χ4n) is 3.27.